The second-order valence-electron chi connectivity index (χ2n) is 6.66. The summed E-state index contributed by atoms with van der Waals surface area (Å²) in [5, 5.41) is 7.64. The van der Waals surface area contributed by atoms with Gasteiger partial charge in [-0.15, -0.1) is 11.3 Å². The molecule has 1 atom stereocenters. The number of ether oxygens (including phenoxy) is 1. The third-order valence-electron chi connectivity index (χ3n) is 4.93. The molecule has 6 heteroatoms. The van der Waals surface area contributed by atoms with Gasteiger partial charge in [-0.3, -0.25) is 9.59 Å². The second kappa shape index (κ2) is 8.47. The maximum absolute atomic E-state index is 12.3. The third-order valence-corrected chi connectivity index (χ3v) is 6.05. The first-order chi connectivity index (χ1) is 12.6. The van der Waals surface area contributed by atoms with Crippen LogP contribution in [0.25, 0.3) is 0 Å². The summed E-state index contributed by atoms with van der Waals surface area (Å²) in [5.74, 6) is -1.19. The Labute approximate surface area is 157 Å². The van der Waals surface area contributed by atoms with Gasteiger partial charge in [-0.2, -0.15) is 0 Å². The van der Waals surface area contributed by atoms with Crippen molar-refractivity contribution in [3.63, 3.8) is 0 Å². The molecule has 0 bridgehead atoms. The highest BCUT2D eigenvalue weighted by molar-refractivity contribution is 7.10. The summed E-state index contributed by atoms with van der Waals surface area (Å²) >= 11 is 1.69. The van der Waals surface area contributed by atoms with Crippen LogP contribution in [0.2, 0.25) is 0 Å². The fraction of sp³-hybridized carbons (Fsp3) is 0.400. The van der Waals surface area contributed by atoms with Crippen molar-refractivity contribution in [2.45, 2.75) is 31.2 Å². The van der Waals surface area contributed by atoms with Crippen LogP contribution in [0.5, 0.6) is 0 Å². The van der Waals surface area contributed by atoms with Crippen molar-refractivity contribution in [2.24, 2.45) is 0 Å². The van der Waals surface area contributed by atoms with E-state index in [9.17, 15) is 9.59 Å². The van der Waals surface area contributed by atoms with Gasteiger partial charge in [0.05, 0.1) is 6.04 Å². The summed E-state index contributed by atoms with van der Waals surface area (Å²) in [6, 6.07) is 13.5. The Bertz CT molecular complexity index is 725. The number of benzene rings is 1. The lowest BCUT2D eigenvalue weighted by Gasteiger charge is -2.36. The van der Waals surface area contributed by atoms with E-state index in [0.29, 0.717) is 19.8 Å². The number of carbonyl (C=O) groups is 2. The molecule has 1 aromatic heterocycles. The lowest BCUT2D eigenvalue weighted by atomic mass is 9.78. The Morgan fingerprint density at radius 1 is 1.12 bits per heavy atom. The number of hydrogen-bond donors (Lipinski definition) is 2. The normalized spacial score (nSPS) is 17.3. The van der Waals surface area contributed by atoms with Crippen molar-refractivity contribution >= 4 is 23.2 Å². The summed E-state index contributed by atoms with van der Waals surface area (Å²) in [5.41, 5.74) is 0.820. The molecule has 2 N–H and O–H groups in total. The molecule has 5 nitrogen and oxygen atoms in total. The van der Waals surface area contributed by atoms with Crippen LogP contribution in [-0.2, 0) is 19.7 Å². The molecule has 1 aliphatic rings. The van der Waals surface area contributed by atoms with Gasteiger partial charge in [0.15, 0.2) is 0 Å². The summed E-state index contributed by atoms with van der Waals surface area (Å²) in [6.45, 7) is 3.66. The van der Waals surface area contributed by atoms with E-state index in [-0.39, 0.29) is 11.5 Å². The minimum Gasteiger partial charge on any atom is -0.381 e. The van der Waals surface area contributed by atoms with E-state index in [4.69, 9.17) is 4.74 Å². The number of hydrogen-bond acceptors (Lipinski definition) is 4. The zero-order valence-corrected chi connectivity index (χ0v) is 15.7. The fourth-order valence-electron chi connectivity index (χ4n) is 3.27. The molecule has 1 saturated heterocycles. The zero-order chi connectivity index (χ0) is 18.4. The average Bonchev–Trinajstić information content (AvgIpc) is 3.23. The lowest BCUT2D eigenvalue weighted by molar-refractivity contribution is -0.139. The molecule has 0 radical (unpaired) electrons. The predicted octanol–water partition coefficient (Wildman–Crippen LogP) is 2.79. The van der Waals surface area contributed by atoms with Crippen molar-refractivity contribution in [3.8, 4) is 0 Å². The zero-order valence-electron chi connectivity index (χ0n) is 14.9. The quantitative estimate of drug-likeness (QED) is 0.793. The third kappa shape index (κ3) is 4.31. The van der Waals surface area contributed by atoms with Crippen molar-refractivity contribution in [1.82, 2.24) is 10.6 Å². The van der Waals surface area contributed by atoms with Gasteiger partial charge in [-0.1, -0.05) is 36.4 Å². The predicted molar refractivity (Wildman–Crippen MR) is 102 cm³/mol. The van der Waals surface area contributed by atoms with E-state index in [1.165, 1.54) is 4.88 Å². The topological polar surface area (TPSA) is 67.4 Å². The monoisotopic (exact) mass is 372 g/mol. The molecule has 1 fully saturated rings. The molecule has 0 spiro atoms. The van der Waals surface area contributed by atoms with Crippen LogP contribution in [0.1, 0.15) is 36.2 Å². The van der Waals surface area contributed by atoms with Gasteiger partial charge in [0.25, 0.3) is 0 Å². The molecule has 26 heavy (non-hydrogen) atoms. The highest BCUT2D eigenvalue weighted by Gasteiger charge is 2.36. The molecular weight excluding hydrogens is 348 g/mol. The number of nitrogens with one attached hydrogen (secondary N) is 2. The number of thiophene rings is 1. The van der Waals surface area contributed by atoms with Gasteiger partial charge in [0.1, 0.15) is 0 Å². The Hall–Kier alpha value is -2.18. The Balaban J connectivity index is 1.59. The summed E-state index contributed by atoms with van der Waals surface area (Å²) in [6.07, 6.45) is 1.69. The molecule has 138 valence electrons. The molecule has 2 heterocycles. The van der Waals surface area contributed by atoms with Gasteiger partial charge in [0, 0.05) is 30.1 Å². The van der Waals surface area contributed by atoms with E-state index in [2.05, 4.69) is 16.7 Å². The van der Waals surface area contributed by atoms with Crippen LogP contribution in [0.3, 0.4) is 0 Å². The first-order valence-electron chi connectivity index (χ1n) is 8.86. The van der Waals surface area contributed by atoms with E-state index < -0.39 is 11.8 Å². The number of carbonyl (C=O) groups excluding carboxylic acids is 2. The molecule has 2 amide bonds. The molecule has 0 unspecified atom stereocenters. The summed E-state index contributed by atoms with van der Waals surface area (Å²) in [7, 11) is 0. The van der Waals surface area contributed by atoms with Crippen molar-refractivity contribution in [3.05, 3.63) is 58.3 Å². The summed E-state index contributed by atoms with van der Waals surface area (Å²) < 4.78 is 5.49. The molecule has 0 aliphatic carbocycles. The Morgan fingerprint density at radius 3 is 2.50 bits per heavy atom. The average molecular weight is 372 g/mol. The van der Waals surface area contributed by atoms with Crippen LogP contribution in [0, 0.1) is 0 Å². The first kappa shape index (κ1) is 18.6. The SMILES string of the molecule is C[C@@H](NC(=O)C(=O)NCC1(c2cccs2)CCOCC1)c1ccccc1. The van der Waals surface area contributed by atoms with Gasteiger partial charge >= 0.3 is 11.8 Å². The Morgan fingerprint density at radius 2 is 1.85 bits per heavy atom. The first-order valence-corrected chi connectivity index (χ1v) is 9.74. The molecule has 2 aromatic rings. The van der Waals surface area contributed by atoms with E-state index in [0.717, 1.165) is 18.4 Å². The second-order valence-corrected chi connectivity index (χ2v) is 7.61. The molecular formula is C20H24N2O3S. The van der Waals surface area contributed by atoms with Crippen LogP contribution in [-0.4, -0.2) is 31.6 Å². The van der Waals surface area contributed by atoms with Crippen LogP contribution >= 0.6 is 11.3 Å². The molecule has 1 aliphatic heterocycles. The minimum absolute atomic E-state index is 0.145. The molecule has 1 aromatic carbocycles. The minimum atomic E-state index is -0.602. The van der Waals surface area contributed by atoms with Gasteiger partial charge < -0.3 is 15.4 Å². The maximum atomic E-state index is 12.3. The number of amides is 2. The smallest absolute Gasteiger partial charge is 0.309 e. The molecule has 3 rings (SSSR count). The highest BCUT2D eigenvalue weighted by Crippen LogP contribution is 2.36. The van der Waals surface area contributed by atoms with E-state index >= 15 is 0 Å². The fourth-order valence-corrected chi connectivity index (χ4v) is 4.26. The standard InChI is InChI=1S/C20H24N2O3S/c1-15(16-6-3-2-4-7-16)22-19(24)18(23)21-14-20(9-11-25-12-10-20)17-8-5-13-26-17/h2-8,13,15H,9-12,14H2,1H3,(H,21,23)(H,22,24)/t15-/m1/s1. The lowest BCUT2D eigenvalue weighted by Crippen LogP contribution is -2.48. The van der Waals surface area contributed by atoms with Crippen LogP contribution in [0.15, 0.2) is 47.8 Å². The van der Waals surface area contributed by atoms with Crippen molar-refractivity contribution < 1.29 is 14.3 Å². The highest BCUT2D eigenvalue weighted by atomic mass is 32.1. The molecule has 0 saturated carbocycles. The van der Waals surface area contributed by atoms with Crippen molar-refractivity contribution in [1.29, 1.82) is 0 Å². The van der Waals surface area contributed by atoms with Crippen molar-refractivity contribution in [2.75, 3.05) is 19.8 Å². The van der Waals surface area contributed by atoms with E-state index in [1.807, 2.05) is 48.7 Å². The van der Waals surface area contributed by atoms with E-state index in [1.54, 1.807) is 11.3 Å². The number of rotatable bonds is 5. The van der Waals surface area contributed by atoms with Gasteiger partial charge in [0.2, 0.25) is 0 Å². The summed E-state index contributed by atoms with van der Waals surface area (Å²) in [4.78, 5) is 25.8. The van der Waals surface area contributed by atoms with Gasteiger partial charge in [-0.25, -0.2) is 0 Å². The van der Waals surface area contributed by atoms with Crippen LogP contribution < -0.4 is 10.6 Å². The van der Waals surface area contributed by atoms with Gasteiger partial charge in [-0.05, 0) is 36.8 Å². The Kier molecular flexibility index (Phi) is 6.06. The maximum Gasteiger partial charge on any atom is 0.309 e. The van der Waals surface area contributed by atoms with Crippen LogP contribution in [0.4, 0.5) is 0 Å². The largest absolute Gasteiger partial charge is 0.381 e.